The van der Waals surface area contributed by atoms with Crippen molar-refractivity contribution in [2.24, 2.45) is 5.10 Å². The normalized spacial score (nSPS) is 11.3. The Bertz CT molecular complexity index is 1310. The molecule has 0 spiro atoms. The lowest BCUT2D eigenvalue weighted by atomic mass is 10.1. The molecule has 0 saturated carbocycles. The zero-order valence-electron chi connectivity index (χ0n) is 17.2. The number of carboxylic acids is 1. The minimum Gasteiger partial charge on any atom is -0.493 e. The summed E-state index contributed by atoms with van der Waals surface area (Å²) in [6.07, 6.45) is 1.36. The summed E-state index contributed by atoms with van der Waals surface area (Å²) in [4.78, 5) is 16.3. The van der Waals surface area contributed by atoms with E-state index in [4.69, 9.17) is 9.47 Å². The van der Waals surface area contributed by atoms with E-state index in [2.05, 4.69) is 25.7 Å². The highest BCUT2D eigenvalue weighted by molar-refractivity contribution is 6.04. The fraction of sp³-hybridized carbons (Fsp3) is 0.190. The summed E-state index contributed by atoms with van der Waals surface area (Å²) in [5, 5.41) is 23.1. The van der Waals surface area contributed by atoms with Gasteiger partial charge in [-0.1, -0.05) is 18.2 Å². The van der Waals surface area contributed by atoms with E-state index in [0.717, 1.165) is 17.4 Å². The fourth-order valence-corrected chi connectivity index (χ4v) is 3.50. The third-order valence-corrected chi connectivity index (χ3v) is 4.85. The van der Waals surface area contributed by atoms with Crippen LogP contribution in [0, 0.1) is 0 Å². The summed E-state index contributed by atoms with van der Waals surface area (Å²) in [6, 6.07) is 11.1. The van der Waals surface area contributed by atoms with Crippen LogP contribution in [0.3, 0.4) is 0 Å². The van der Waals surface area contributed by atoms with Crippen LogP contribution in [-0.2, 0) is 6.54 Å². The van der Waals surface area contributed by atoms with Crippen molar-refractivity contribution in [3.63, 3.8) is 0 Å². The van der Waals surface area contributed by atoms with E-state index in [1.807, 2.05) is 35.8 Å². The van der Waals surface area contributed by atoms with Crippen molar-refractivity contribution in [3.05, 3.63) is 47.5 Å². The van der Waals surface area contributed by atoms with Gasteiger partial charge in [-0.25, -0.2) is 10.2 Å². The van der Waals surface area contributed by atoms with Crippen molar-refractivity contribution in [1.29, 1.82) is 0 Å². The van der Waals surface area contributed by atoms with Crippen molar-refractivity contribution in [3.8, 4) is 11.5 Å². The molecule has 0 fully saturated rings. The molecular formula is C21H20N6O4. The number of para-hydroxylation sites is 1. The number of aromatic nitrogens is 4. The standard InChI is InChI=1S/C21H20N6O4/c1-4-27-14-8-6-5-7-13(14)17-19(27)23-21(26-24-17)25-22-11-12-9-10-15(30-2)18(31-3)16(12)20(28)29/h5-11H,4H2,1-3H3,(H,28,29)(H,23,25,26)/b22-11-. The molecule has 10 nitrogen and oxygen atoms in total. The van der Waals surface area contributed by atoms with Gasteiger partial charge in [0.05, 0.1) is 26.0 Å². The number of nitrogens with one attached hydrogen (secondary N) is 1. The van der Waals surface area contributed by atoms with Gasteiger partial charge in [0.25, 0.3) is 5.95 Å². The summed E-state index contributed by atoms with van der Waals surface area (Å²) in [6.45, 7) is 2.75. The molecule has 2 heterocycles. The van der Waals surface area contributed by atoms with E-state index in [-0.39, 0.29) is 17.3 Å². The van der Waals surface area contributed by atoms with Gasteiger partial charge in [0.15, 0.2) is 17.1 Å². The third-order valence-electron chi connectivity index (χ3n) is 4.85. The lowest BCUT2D eigenvalue weighted by molar-refractivity contribution is 0.0692. The molecule has 158 valence electrons. The lowest BCUT2D eigenvalue weighted by Gasteiger charge is -2.12. The van der Waals surface area contributed by atoms with Gasteiger partial charge in [-0.15, -0.1) is 10.2 Å². The third kappa shape index (κ3) is 3.48. The number of aryl methyl sites for hydroxylation is 1. The Labute approximate surface area is 177 Å². The predicted molar refractivity (Wildman–Crippen MR) is 116 cm³/mol. The van der Waals surface area contributed by atoms with Crippen LogP contribution in [0.2, 0.25) is 0 Å². The van der Waals surface area contributed by atoms with Crippen molar-refractivity contribution in [2.45, 2.75) is 13.5 Å². The minimum atomic E-state index is -1.16. The van der Waals surface area contributed by atoms with Gasteiger partial charge in [-0.3, -0.25) is 0 Å². The van der Waals surface area contributed by atoms with Gasteiger partial charge in [0.1, 0.15) is 11.1 Å². The number of aromatic carboxylic acids is 1. The molecule has 2 aromatic carbocycles. The highest BCUT2D eigenvalue weighted by atomic mass is 16.5. The first-order valence-electron chi connectivity index (χ1n) is 9.48. The van der Waals surface area contributed by atoms with E-state index in [0.29, 0.717) is 22.5 Å². The zero-order chi connectivity index (χ0) is 22.0. The predicted octanol–water partition coefficient (Wildman–Crippen LogP) is 3.16. The highest BCUT2D eigenvalue weighted by Crippen LogP contribution is 2.33. The second-order valence-corrected chi connectivity index (χ2v) is 6.51. The Hall–Kier alpha value is -4.21. The maximum atomic E-state index is 11.7. The Kier molecular flexibility index (Phi) is 5.35. The molecule has 0 aliphatic carbocycles. The second kappa shape index (κ2) is 8.27. The minimum absolute atomic E-state index is 0.0620. The van der Waals surface area contributed by atoms with Crippen molar-refractivity contribution >= 4 is 40.2 Å². The molecule has 0 atom stereocenters. The Morgan fingerprint density at radius 3 is 2.71 bits per heavy atom. The fourth-order valence-electron chi connectivity index (χ4n) is 3.50. The first-order valence-corrected chi connectivity index (χ1v) is 9.48. The average Bonchev–Trinajstić information content (AvgIpc) is 3.11. The second-order valence-electron chi connectivity index (χ2n) is 6.51. The number of rotatable bonds is 7. The highest BCUT2D eigenvalue weighted by Gasteiger charge is 2.20. The molecule has 31 heavy (non-hydrogen) atoms. The molecular weight excluding hydrogens is 400 g/mol. The number of anilines is 1. The Morgan fingerprint density at radius 1 is 1.19 bits per heavy atom. The number of hydrogen-bond donors (Lipinski definition) is 2. The number of carboxylic acid groups (broad SMARTS) is 1. The number of carbonyl (C=O) groups is 1. The molecule has 0 aliphatic heterocycles. The van der Waals surface area contributed by atoms with E-state index in [1.54, 1.807) is 12.1 Å². The maximum Gasteiger partial charge on any atom is 0.340 e. The van der Waals surface area contributed by atoms with Crippen molar-refractivity contribution in [2.75, 3.05) is 19.6 Å². The van der Waals surface area contributed by atoms with Crippen LogP contribution in [0.5, 0.6) is 11.5 Å². The number of hydrogen-bond acceptors (Lipinski definition) is 8. The van der Waals surface area contributed by atoms with Gasteiger partial charge in [0, 0.05) is 17.5 Å². The largest absolute Gasteiger partial charge is 0.493 e. The van der Waals surface area contributed by atoms with Crippen LogP contribution < -0.4 is 14.9 Å². The van der Waals surface area contributed by atoms with Gasteiger partial charge < -0.3 is 19.1 Å². The zero-order valence-corrected chi connectivity index (χ0v) is 17.2. The van der Waals surface area contributed by atoms with Gasteiger partial charge in [0.2, 0.25) is 0 Å². The van der Waals surface area contributed by atoms with Crippen LogP contribution in [0.15, 0.2) is 41.5 Å². The molecule has 2 N–H and O–H groups in total. The number of fused-ring (bicyclic) bond motifs is 3. The molecule has 4 rings (SSSR count). The summed E-state index contributed by atoms with van der Waals surface area (Å²) in [7, 11) is 2.82. The van der Waals surface area contributed by atoms with Gasteiger partial charge in [-0.2, -0.15) is 10.1 Å². The molecule has 0 amide bonds. The smallest absolute Gasteiger partial charge is 0.340 e. The van der Waals surface area contributed by atoms with Crippen LogP contribution in [0.1, 0.15) is 22.8 Å². The van der Waals surface area contributed by atoms with E-state index >= 15 is 0 Å². The maximum absolute atomic E-state index is 11.7. The number of ether oxygens (including phenoxy) is 2. The summed E-state index contributed by atoms with van der Waals surface area (Å²) in [5.74, 6) is -0.538. The quantitative estimate of drug-likeness (QED) is 0.345. The first kappa shape index (κ1) is 20.1. The number of hydrazone groups is 1. The van der Waals surface area contributed by atoms with Gasteiger partial charge >= 0.3 is 5.97 Å². The number of nitrogens with zero attached hydrogens (tertiary/aromatic N) is 5. The molecule has 0 aliphatic rings. The molecule has 0 radical (unpaired) electrons. The summed E-state index contributed by atoms with van der Waals surface area (Å²) >= 11 is 0. The summed E-state index contributed by atoms with van der Waals surface area (Å²) < 4.78 is 12.4. The van der Waals surface area contributed by atoms with E-state index < -0.39 is 5.97 Å². The Balaban J connectivity index is 1.68. The molecule has 10 heteroatoms. The van der Waals surface area contributed by atoms with Gasteiger partial charge in [-0.05, 0) is 25.1 Å². The van der Waals surface area contributed by atoms with Crippen LogP contribution in [-0.4, -0.2) is 51.3 Å². The molecule has 0 saturated heterocycles. The van der Waals surface area contributed by atoms with Crippen LogP contribution in [0.4, 0.5) is 5.95 Å². The topological polar surface area (TPSA) is 124 Å². The summed E-state index contributed by atoms with van der Waals surface area (Å²) in [5.41, 5.74) is 5.41. The first-order chi connectivity index (χ1) is 15.1. The van der Waals surface area contributed by atoms with Crippen LogP contribution in [0.25, 0.3) is 22.1 Å². The Morgan fingerprint density at radius 2 is 2.00 bits per heavy atom. The molecule has 0 bridgehead atoms. The van der Waals surface area contributed by atoms with E-state index in [9.17, 15) is 9.90 Å². The van der Waals surface area contributed by atoms with E-state index in [1.165, 1.54) is 20.4 Å². The monoisotopic (exact) mass is 420 g/mol. The average molecular weight is 420 g/mol. The van der Waals surface area contributed by atoms with Crippen molar-refractivity contribution in [1.82, 2.24) is 19.7 Å². The van der Waals surface area contributed by atoms with Crippen LogP contribution >= 0.6 is 0 Å². The number of benzene rings is 2. The molecule has 2 aromatic heterocycles. The lowest BCUT2D eigenvalue weighted by Crippen LogP contribution is -2.07. The SMILES string of the molecule is CCn1c2ccccc2c2nnc(N/N=C\c3ccc(OC)c(OC)c3C(=O)O)nc21. The number of methoxy groups -OCH3 is 2. The molecule has 4 aromatic rings. The van der Waals surface area contributed by atoms with Crippen molar-refractivity contribution < 1.29 is 19.4 Å². The molecule has 0 unspecified atom stereocenters.